The number of nitrogens with one attached hydrogen (secondary N) is 2. The first-order valence-electron chi connectivity index (χ1n) is 10.5. The van der Waals surface area contributed by atoms with Crippen LogP contribution in [0.3, 0.4) is 0 Å². The second-order valence-electron chi connectivity index (χ2n) is 7.33. The monoisotopic (exact) mass is 466 g/mol. The van der Waals surface area contributed by atoms with Crippen LogP contribution in [-0.2, 0) is 4.74 Å². The minimum Gasteiger partial charge on any atom is -0.495 e. The summed E-state index contributed by atoms with van der Waals surface area (Å²) < 4.78 is 14.4. The Morgan fingerprint density at radius 1 is 1.06 bits per heavy atom. The zero-order chi connectivity index (χ0) is 22.2. The van der Waals surface area contributed by atoms with E-state index in [-0.39, 0.29) is 12.0 Å². The Morgan fingerprint density at radius 2 is 1.84 bits per heavy atom. The van der Waals surface area contributed by atoms with Gasteiger partial charge in [0.25, 0.3) is 5.91 Å². The molecule has 1 heterocycles. The van der Waals surface area contributed by atoms with E-state index in [1.807, 2.05) is 72.8 Å². The van der Waals surface area contributed by atoms with Gasteiger partial charge in [0.05, 0.1) is 24.5 Å². The number of ether oxygens (including phenoxy) is 2. The number of thioether (sulfide) groups is 1. The Balaban J connectivity index is 1.34. The van der Waals surface area contributed by atoms with Crippen LogP contribution in [0, 0.1) is 0 Å². The third-order valence-electron chi connectivity index (χ3n) is 5.08. The van der Waals surface area contributed by atoms with Crippen molar-refractivity contribution in [1.82, 2.24) is 0 Å². The molecule has 0 spiro atoms. The lowest BCUT2D eigenvalue weighted by Crippen LogP contribution is -2.14. The van der Waals surface area contributed by atoms with Gasteiger partial charge in [0.2, 0.25) is 0 Å². The van der Waals surface area contributed by atoms with E-state index in [1.54, 1.807) is 18.9 Å². The van der Waals surface area contributed by atoms with Gasteiger partial charge >= 0.3 is 0 Å². The minimum atomic E-state index is -0.104. The average molecular weight is 467 g/mol. The highest BCUT2D eigenvalue weighted by Gasteiger charge is 2.18. The molecule has 1 saturated heterocycles. The molecule has 1 aliphatic heterocycles. The summed E-state index contributed by atoms with van der Waals surface area (Å²) >= 11 is 3.18. The Kier molecular flexibility index (Phi) is 7.98. The molecular formula is C25H26N2O3S2. The van der Waals surface area contributed by atoms with Gasteiger partial charge in [-0.15, -0.1) is 11.8 Å². The number of benzene rings is 3. The molecule has 1 fully saturated rings. The fourth-order valence-corrected chi connectivity index (χ4v) is 5.17. The molecule has 3 aromatic rings. The standard InChI is InChI=1S/C25H26N2O3S2/c1-29-23-10-4-3-9-22(23)27-32-20-14-12-18(13-15-20)26-25(28)21-8-2-5-11-24(21)31-17-19-7-6-16-30-19/h2-5,8-15,19,27H,6-7,16-17H2,1H3,(H,26,28). The van der Waals surface area contributed by atoms with E-state index >= 15 is 0 Å². The van der Waals surface area contributed by atoms with Gasteiger partial charge in [-0.3, -0.25) is 4.79 Å². The maximum absolute atomic E-state index is 12.9. The predicted octanol–water partition coefficient (Wildman–Crippen LogP) is 6.34. The number of hydrogen-bond donors (Lipinski definition) is 2. The van der Waals surface area contributed by atoms with Crippen LogP contribution < -0.4 is 14.8 Å². The molecule has 0 aliphatic carbocycles. The number of para-hydroxylation sites is 2. The maximum Gasteiger partial charge on any atom is 0.256 e. The minimum absolute atomic E-state index is 0.104. The maximum atomic E-state index is 12.9. The smallest absolute Gasteiger partial charge is 0.256 e. The summed E-state index contributed by atoms with van der Waals surface area (Å²) in [7, 11) is 1.65. The zero-order valence-electron chi connectivity index (χ0n) is 17.9. The fraction of sp³-hybridized carbons (Fsp3) is 0.240. The summed E-state index contributed by atoms with van der Waals surface area (Å²) in [6, 6.07) is 23.3. The SMILES string of the molecule is COc1ccccc1NSc1ccc(NC(=O)c2ccccc2SCC2CCCO2)cc1. The number of hydrogen-bond acceptors (Lipinski definition) is 6. The summed E-state index contributed by atoms with van der Waals surface area (Å²) in [6.45, 7) is 0.843. The molecular weight excluding hydrogens is 440 g/mol. The Labute approximate surface area is 197 Å². The molecule has 0 bridgehead atoms. The normalized spacial score (nSPS) is 15.3. The van der Waals surface area contributed by atoms with Crippen molar-refractivity contribution < 1.29 is 14.3 Å². The van der Waals surface area contributed by atoms with Gasteiger partial charge in [-0.25, -0.2) is 0 Å². The number of rotatable bonds is 9. The molecule has 0 saturated carbocycles. The molecule has 1 aliphatic rings. The third-order valence-corrected chi connectivity index (χ3v) is 7.11. The second-order valence-corrected chi connectivity index (χ2v) is 9.27. The largest absolute Gasteiger partial charge is 0.495 e. The van der Waals surface area contributed by atoms with Crippen LogP contribution in [0.5, 0.6) is 5.75 Å². The van der Waals surface area contributed by atoms with Crippen LogP contribution in [0.1, 0.15) is 23.2 Å². The van der Waals surface area contributed by atoms with Crippen molar-refractivity contribution in [2.24, 2.45) is 0 Å². The van der Waals surface area contributed by atoms with Crippen molar-refractivity contribution >= 4 is 41.0 Å². The molecule has 5 nitrogen and oxygen atoms in total. The molecule has 2 N–H and O–H groups in total. The molecule has 1 unspecified atom stereocenters. The first kappa shape index (κ1) is 22.6. The van der Waals surface area contributed by atoms with Crippen LogP contribution in [-0.4, -0.2) is 31.5 Å². The molecule has 4 rings (SSSR count). The molecule has 0 aromatic heterocycles. The van der Waals surface area contributed by atoms with E-state index in [0.29, 0.717) is 5.56 Å². The summed E-state index contributed by atoms with van der Waals surface area (Å²) in [5.41, 5.74) is 2.36. The molecule has 32 heavy (non-hydrogen) atoms. The molecule has 166 valence electrons. The van der Waals surface area contributed by atoms with E-state index in [1.165, 1.54) is 11.9 Å². The van der Waals surface area contributed by atoms with Gasteiger partial charge in [0.15, 0.2) is 0 Å². The van der Waals surface area contributed by atoms with Crippen molar-refractivity contribution in [1.29, 1.82) is 0 Å². The summed E-state index contributed by atoms with van der Waals surface area (Å²) in [5, 5.41) is 3.01. The second kappa shape index (κ2) is 11.3. The number of amides is 1. The first-order chi connectivity index (χ1) is 15.7. The highest BCUT2D eigenvalue weighted by molar-refractivity contribution is 8.00. The summed E-state index contributed by atoms with van der Waals surface area (Å²) in [6.07, 6.45) is 2.50. The molecule has 0 radical (unpaired) electrons. The van der Waals surface area contributed by atoms with Gasteiger partial charge in [-0.05, 0) is 73.3 Å². The zero-order valence-corrected chi connectivity index (χ0v) is 19.5. The summed E-state index contributed by atoms with van der Waals surface area (Å²) in [4.78, 5) is 14.9. The van der Waals surface area contributed by atoms with Crippen molar-refractivity contribution in [3.63, 3.8) is 0 Å². The lowest BCUT2D eigenvalue weighted by atomic mass is 10.2. The lowest BCUT2D eigenvalue weighted by Gasteiger charge is -2.13. The summed E-state index contributed by atoms with van der Waals surface area (Å²) in [5.74, 6) is 1.56. The van der Waals surface area contributed by atoms with Crippen molar-refractivity contribution in [3.8, 4) is 5.75 Å². The highest BCUT2D eigenvalue weighted by Crippen LogP contribution is 2.30. The number of anilines is 2. The van der Waals surface area contributed by atoms with Crippen molar-refractivity contribution in [3.05, 3.63) is 78.4 Å². The first-order valence-corrected chi connectivity index (χ1v) is 12.3. The average Bonchev–Trinajstić information content (AvgIpc) is 3.36. The quantitative estimate of drug-likeness (QED) is 0.284. The van der Waals surface area contributed by atoms with Crippen molar-refractivity contribution in [2.45, 2.75) is 28.7 Å². The van der Waals surface area contributed by atoms with Crippen LogP contribution in [0.15, 0.2) is 82.6 Å². The van der Waals surface area contributed by atoms with Gasteiger partial charge in [0.1, 0.15) is 5.75 Å². The van der Waals surface area contributed by atoms with E-state index in [9.17, 15) is 4.79 Å². The molecule has 3 aromatic carbocycles. The Hall–Kier alpha value is -2.61. The van der Waals surface area contributed by atoms with E-state index < -0.39 is 0 Å². The van der Waals surface area contributed by atoms with Crippen molar-refractivity contribution in [2.75, 3.05) is 29.5 Å². The number of methoxy groups -OCH3 is 1. The lowest BCUT2D eigenvalue weighted by molar-refractivity contribution is 0.102. The number of carbonyl (C=O) groups is 1. The van der Waals surface area contributed by atoms with Gasteiger partial charge < -0.3 is 19.5 Å². The van der Waals surface area contributed by atoms with Gasteiger partial charge in [-0.2, -0.15) is 0 Å². The third kappa shape index (κ3) is 6.00. The van der Waals surface area contributed by atoms with Gasteiger partial charge in [-0.1, -0.05) is 24.3 Å². The van der Waals surface area contributed by atoms with Crippen LogP contribution in [0.4, 0.5) is 11.4 Å². The van der Waals surface area contributed by atoms with E-state index in [2.05, 4.69) is 10.0 Å². The van der Waals surface area contributed by atoms with Crippen LogP contribution >= 0.6 is 23.7 Å². The van der Waals surface area contributed by atoms with Crippen LogP contribution in [0.2, 0.25) is 0 Å². The molecule has 1 amide bonds. The predicted molar refractivity (Wildman–Crippen MR) is 133 cm³/mol. The Morgan fingerprint density at radius 3 is 2.62 bits per heavy atom. The topological polar surface area (TPSA) is 59.6 Å². The molecule has 7 heteroatoms. The number of carbonyl (C=O) groups excluding carboxylic acids is 1. The van der Waals surface area contributed by atoms with E-state index in [0.717, 1.165) is 52.1 Å². The Bertz CT molecular complexity index is 1040. The van der Waals surface area contributed by atoms with Gasteiger partial charge in [0, 0.05) is 27.8 Å². The van der Waals surface area contributed by atoms with Crippen LogP contribution in [0.25, 0.3) is 0 Å². The highest BCUT2D eigenvalue weighted by atomic mass is 32.2. The van der Waals surface area contributed by atoms with E-state index in [4.69, 9.17) is 9.47 Å². The fourth-order valence-electron chi connectivity index (χ4n) is 3.39. The molecule has 1 atom stereocenters.